The van der Waals surface area contributed by atoms with Gasteiger partial charge in [0.05, 0.1) is 11.8 Å². The van der Waals surface area contributed by atoms with E-state index in [0.29, 0.717) is 5.69 Å². The van der Waals surface area contributed by atoms with Gasteiger partial charge in [0.25, 0.3) is 5.91 Å². The maximum atomic E-state index is 12.8. The van der Waals surface area contributed by atoms with E-state index in [1.54, 1.807) is 0 Å². The predicted octanol–water partition coefficient (Wildman–Crippen LogP) is 1.34. The van der Waals surface area contributed by atoms with E-state index >= 15 is 0 Å². The number of amides is 3. The molecule has 142 valence electrons. The number of benzene rings is 1. The van der Waals surface area contributed by atoms with Crippen LogP contribution in [-0.2, 0) is 23.9 Å². The lowest BCUT2D eigenvalue weighted by Gasteiger charge is -2.19. The van der Waals surface area contributed by atoms with Crippen molar-refractivity contribution in [2.45, 2.75) is 19.3 Å². The summed E-state index contributed by atoms with van der Waals surface area (Å²) in [6.45, 7) is -1.02. The minimum atomic E-state index is -0.807. The molecule has 2 aliphatic carbocycles. The van der Waals surface area contributed by atoms with Crippen molar-refractivity contribution in [2.75, 3.05) is 18.5 Å². The van der Waals surface area contributed by atoms with Gasteiger partial charge in [0, 0.05) is 5.69 Å². The fraction of sp³-hybridized carbons (Fsp3) is 0.474. The Morgan fingerprint density at radius 1 is 1.07 bits per heavy atom. The number of fused-ring (bicyclic) bond motifs is 5. The zero-order valence-corrected chi connectivity index (χ0v) is 14.5. The molecule has 4 rings (SSSR count). The molecule has 7 nitrogen and oxygen atoms in total. The van der Waals surface area contributed by atoms with Crippen LogP contribution in [0.5, 0.6) is 0 Å². The number of ether oxygens (including phenoxy) is 1. The summed E-state index contributed by atoms with van der Waals surface area (Å²) in [7, 11) is 0. The number of carbonyl (C=O) groups excluding carboxylic acids is 4. The van der Waals surface area contributed by atoms with E-state index in [1.807, 2.05) is 0 Å². The minimum absolute atomic E-state index is 0.249. The van der Waals surface area contributed by atoms with Gasteiger partial charge in [0.1, 0.15) is 12.4 Å². The SMILES string of the molecule is O=C(COC(=O)CN1C(=O)[C@H]2[C@H]3CC[C@@H](C3)[C@@H]2C1=O)Nc1ccc(F)cc1. The highest BCUT2D eigenvalue weighted by atomic mass is 19.1. The average molecular weight is 374 g/mol. The molecule has 8 heteroatoms. The van der Waals surface area contributed by atoms with Crippen LogP contribution < -0.4 is 5.32 Å². The van der Waals surface area contributed by atoms with Gasteiger partial charge >= 0.3 is 5.97 Å². The third-order valence-corrected chi connectivity index (χ3v) is 5.80. The Hall–Kier alpha value is -2.77. The van der Waals surface area contributed by atoms with Gasteiger partial charge in [-0.15, -0.1) is 0 Å². The zero-order valence-electron chi connectivity index (χ0n) is 14.5. The first-order valence-corrected chi connectivity index (χ1v) is 9.00. The monoisotopic (exact) mass is 374 g/mol. The molecule has 4 atom stereocenters. The molecule has 3 aliphatic rings. The van der Waals surface area contributed by atoms with Crippen molar-refractivity contribution in [2.24, 2.45) is 23.7 Å². The summed E-state index contributed by atoms with van der Waals surface area (Å²) >= 11 is 0. The van der Waals surface area contributed by atoms with Gasteiger partial charge in [-0.05, 0) is 55.4 Å². The van der Waals surface area contributed by atoms with Gasteiger partial charge in [0.2, 0.25) is 11.8 Å². The fourth-order valence-electron chi connectivity index (χ4n) is 4.68. The fourth-order valence-corrected chi connectivity index (χ4v) is 4.68. The summed E-state index contributed by atoms with van der Waals surface area (Å²) in [5, 5.41) is 2.46. The van der Waals surface area contributed by atoms with Crippen LogP contribution in [0.15, 0.2) is 24.3 Å². The molecule has 0 spiro atoms. The smallest absolute Gasteiger partial charge is 0.326 e. The molecule has 0 radical (unpaired) electrons. The molecule has 1 saturated heterocycles. The molecule has 1 N–H and O–H groups in total. The highest BCUT2D eigenvalue weighted by Gasteiger charge is 2.61. The van der Waals surface area contributed by atoms with Crippen LogP contribution in [-0.4, -0.2) is 41.7 Å². The number of carbonyl (C=O) groups is 4. The molecule has 3 amide bonds. The summed E-state index contributed by atoms with van der Waals surface area (Å²) < 4.78 is 17.7. The third-order valence-electron chi connectivity index (χ3n) is 5.80. The minimum Gasteiger partial charge on any atom is -0.454 e. The highest BCUT2D eigenvalue weighted by molar-refractivity contribution is 6.07. The number of nitrogens with one attached hydrogen (secondary N) is 1. The number of rotatable bonds is 5. The van der Waals surface area contributed by atoms with Crippen molar-refractivity contribution in [3.8, 4) is 0 Å². The Bertz CT molecular complexity index is 781. The van der Waals surface area contributed by atoms with E-state index in [0.717, 1.165) is 24.2 Å². The molecule has 2 saturated carbocycles. The molecule has 3 fully saturated rings. The Kier molecular flexibility index (Phi) is 4.41. The van der Waals surface area contributed by atoms with Gasteiger partial charge < -0.3 is 10.1 Å². The Morgan fingerprint density at radius 3 is 2.26 bits per heavy atom. The Morgan fingerprint density at radius 2 is 1.67 bits per heavy atom. The van der Waals surface area contributed by atoms with E-state index in [1.165, 1.54) is 24.3 Å². The maximum absolute atomic E-state index is 12.8. The van der Waals surface area contributed by atoms with E-state index < -0.39 is 30.8 Å². The largest absolute Gasteiger partial charge is 0.454 e. The van der Waals surface area contributed by atoms with Crippen LogP contribution in [0.2, 0.25) is 0 Å². The average Bonchev–Trinajstić information content (AvgIpc) is 3.32. The van der Waals surface area contributed by atoms with Crippen molar-refractivity contribution >= 4 is 29.4 Å². The number of hydrogen-bond donors (Lipinski definition) is 1. The van der Waals surface area contributed by atoms with Crippen LogP contribution in [0.1, 0.15) is 19.3 Å². The quantitative estimate of drug-likeness (QED) is 0.620. The molecular weight excluding hydrogens is 355 g/mol. The summed E-state index contributed by atoms with van der Waals surface area (Å²) in [6, 6.07) is 5.14. The second-order valence-corrected chi connectivity index (χ2v) is 7.36. The molecule has 1 heterocycles. The van der Waals surface area contributed by atoms with Crippen LogP contribution in [0.3, 0.4) is 0 Å². The predicted molar refractivity (Wildman–Crippen MR) is 90.5 cm³/mol. The van der Waals surface area contributed by atoms with Crippen LogP contribution in [0.4, 0.5) is 10.1 Å². The van der Waals surface area contributed by atoms with E-state index in [2.05, 4.69) is 5.32 Å². The second-order valence-electron chi connectivity index (χ2n) is 7.36. The first-order chi connectivity index (χ1) is 12.9. The molecule has 0 unspecified atom stereocenters. The molecule has 1 aromatic carbocycles. The lowest BCUT2D eigenvalue weighted by Crippen LogP contribution is -2.38. The Labute approximate surface area is 154 Å². The number of halogens is 1. The lowest BCUT2D eigenvalue weighted by molar-refractivity contribution is -0.154. The van der Waals surface area contributed by atoms with E-state index in [-0.39, 0.29) is 35.5 Å². The van der Waals surface area contributed by atoms with Gasteiger partial charge in [-0.25, -0.2) is 4.39 Å². The second kappa shape index (κ2) is 6.75. The molecule has 27 heavy (non-hydrogen) atoms. The first-order valence-electron chi connectivity index (χ1n) is 9.00. The topological polar surface area (TPSA) is 92.8 Å². The van der Waals surface area contributed by atoms with Crippen molar-refractivity contribution in [3.05, 3.63) is 30.1 Å². The summed E-state index contributed by atoms with van der Waals surface area (Å²) in [4.78, 5) is 49.8. The number of esters is 1. The molecule has 2 bridgehead atoms. The van der Waals surface area contributed by atoms with Crippen LogP contribution in [0.25, 0.3) is 0 Å². The van der Waals surface area contributed by atoms with E-state index in [9.17, 15) is 23.6 Å². The van der Waals surface area contributed by atoms with Gasteiger partial charge in [-0.2, -0.15) is 0 Å². The molecule has 0 aromatic heterocycles. The van der Waals surface area contributed by atoms with Crippen molar-refractivity contribution < 1.29 is 28.3 Å². The molecule has 1 aromatic rings. The normalized spacial score (nSPS) is 28.4. The summed E-state index contributed by atoms with van der Waals surface area (Å²) in [5.74, 6) is -2.48. The summed E-state index contributed by atoms with van der Waals surface area (Å²) in [6.07, 6.45) is 2.86. The number of nitrogens with zero attached hydrogens (tertiary/aromatic N) is 1. The van der Waals surface area contributed by atoms with Crippen LogP contribution >= 0.6 is 0 Å². The van der Waals surface area contributed by atoms with Crippen molar-refractivity contribution in [1.82, 2.24) is 4.90 Å². The van der Waals surface area contributed by atoms with Gasteiger partial charge in [-0.1, -0.05) is 0 Å². The van der Waals surface area contributed by atoms with Gasteiger partial charge in [-0.3, -0.25) is 24.1 Å². The van der Waals surface area contributed by atoms with Crippen molar-refractivity contribution in [3.63, 3.8) is 0 Å². The van der Waals surface area contributed by atoms with Crippen LogP contribution in [0, 0.1) is 29.5 Å². The molecule has 1 aliphatic heterocycles. The highest BCUT2D eigenvalue weighted by Crippen LogP contribution is 2.56. The molecular formula is C19H19FN2O5. The maximum Gasteiger partial charge on any atom is 0.326 e. The van der Waals surface area contributed by atoms with Gasteiger partial charge in [0.15, 0.2) is 6.61 Å². The number of imide groups is 1. The van der Waals surface area contributed by atoms with Crippen molar-refractivity contribution in [1.29, 1.82) is 0 Å². The van der Waals surface area contributed by atoms with E-state index in [4.69, 9.17) is 4.74 Å². The Balaban J connectivity index is 1.28. The number of likely N-dealkylation sites (tertiary alicyclic amines) is 1. The third kappa shape index (κ3) is 3.20. The lowest BCUT2D eigenvalue weighted by atomic mass is 9.81. The standard InChI is InChI=1S/C19H19FN2O5/c20-12-3-5-13(6-4-12)21-14(23)9-27-15(24)8-22-18(25)16-10-1-2-11(7-10)17(16)19(22)26/h3-6,10-11,16-17H,1-2,7-9H2,(H,21,23)/t10-,11-,16-,17-/m0/s1. The number of anilines is 1. The summed E-state index contributed by atoms with van der Waals surface area (Å²) in [5.41, 5.74) is 0.366. The first kappa shape index (κ1) is 17.6. The number of hydrogen-bond acceptors (Lipinski definition) is 5. The zero-order chi connectivity index (χ0) is 19.1.